The third-order valence-corrected chi connectivity index (χ3v) is 11.7. The Balaban J connectivity index is 1.54. The average Bonchev–Trinajstić information content (AvgIpc) is 3.28. The van der Waals surface area contributed by atoms with Gasteiger partial charge in [0.05, 0.1) is 33.7 Å². The summed E-state index contributed by atoms with van der Waals surface area (Å²) in [7, 11) is 1.40. The number of aromatic hydroxyl groups is 1. The van der Waals surface area contributed by atoms with Crippen LogP contribution in [0.4, 0.5) is 5.69 Å². The first-order valence-electron chi connectivity index (χ1n) is 12.6. The molecule has 2 aromatic rings. The zero-order chi connectivity index (χ0) is 29.6. The van der Waals surface area contributed by atoms with Crippen molar-refractivity contribution in [3.05, 3.63) is 62.2 Å². The van der Waals surface area contributed by atoms with E-state index in [2.05, 4.69) is 15.9 Å². The highest BCUT2D eigenvalue weighted by Gasteiger charge is 2.76. The van der Waals surface area contributed by atoms with E-state index < -0.39 is 51.1 Å². The fourth-order valence-electron chi connectivity index (χ4n) is 6.89. The molecule has 0 spiro atoms. The fraction of sp³-hybridized carbons (Fsp3) is 0.357. The lowest BCUT2D eigenvalue weighted by molar-refractivity contribution is -0.138. The van der Waals surface area contributed by atoms with Crippen LogP contribution in [0.5, 0.6) is 11.5 Å². The topological polar surface area (TPSA) is 104 Å². The number of ether oxygens (including phenoxy) is 1. The number of phenols is 1. The summed E-state index contributed by atoms with van der Waals surface area (Å²) < 4.78 is 5.82. The van der Waals surface area contributed by atoms with E-state index in [-0.39, 0.29) is 35.7 Å². The first-order chi connectivity index (χ1) is 19.4. The smallest absolute Gasteiger partial charge is 0.254 e. The Bertz CT molecular complexity index is 1570. The molecule has 41 heavy (non-hydrogen) atoms. The lowest BCUT2D eigenvalue weighted by atomic mass is 9.56. The number of nitrogens with zero attached hydrogens (tertiary/aromatic N) is 2. The molecule has 8 nitrogen and oxygen atoms in total. The van der Waals surface area contributed by atoms with Crippen molar-refractivity contribution in [2.24, 2.45) is 17.8 Å². The van der Waals surface area contributed by atoms with E-state index in [0.717, 1.165) is 4.90 Å². The van der Waals surface area contributed by atoms with Gasteiger partial charge in [-0.15, -0.1) is 23.2 Å². The zero-order valence-corrected chi connectivity index (χ0v) is 27.3. The SMILES string of the molecule is COc1cc(C2C3=CCC4C(=O)N(c5ccc(Cl)cc5)C(=O)C4C3CC3(Cl)C(=O)N(CBr)C(=O)C23Cl)cc(I)c1O. The van der Waals surface area contributed by atoms with E-state index in [0.29, 0.717) is 25.4 Å². The number of anilines is 1. The summed E-state index contributed by atoms with van der Waals surface area (Å²) >= 11 is 25.7. The lowest BCUT2D eigenvalue weighted by Crippen LogP contribution is -2.60. The van der Waals surface area contributed by atoms with Gasteiger partial charge in [-0.05, 0) is 83.3 Å². The van der Waals surface area contributed by atoms with Crippen LogP contribution in [0.1, 0.15) is 24.3 Å². The van der Waals surface area contributed by atoms with Gasteiger partial charge in [0.15, 0.2) is 21.2 Å². The second kappa shape index (κ2) is 10.1. The number of hydrogen-bond donors (Lipinski definition) is 1. The Hall–Kier alpha value is -1.86. The van der Waals surface area contributed by atoms with E-state index in [1.165, 1.54) is 12.0 Å². The maximum absolute atomic E-state index is 14.0. The molecule has 4 aliphatic rings. The molecular formula is C28H21BrCl3IN2O6. The van der Waals surface area contributed by atoms with Crippen LogP contribution < -0.4 is 9.64 Å². The van der Waals surface area contributed by atoms with Crippen molar-refractivity contribution in [3.8, 4) is 11.5 Å². The van der Waals surface area contributed by atoms with Gasteiger partial charge in [0, 0.05) is 10.9 Å². The second-order valence-corrected chi connectivity index (χ2v) is 13.9. The van der Waals surface area contributed by atoms with Crippen LogP contribution >= 0.6 is 73.3 Å². The minimum absolute atomic E-state index is 0.0891. The number of likely N-dealkylation sites (tertiary alicyclic amines) is 1. The van der Waals surface area contributed by atoms with Gasteiger partial charge in [-0.3, -0.25) is 29.0 Å². The maximum atomic E-state index is 14.0. The molecule has 6 atom stereocenters. The number of alkyl halides is 3. The Morgan fingerprint density at radius 2 is 1.76 bits per heavy atom. The van der Waals surface area contributed by atoms with Crippen LogP contribution in [0.25, 0.3) is 0 Å². The molecule has 2 aromatic carbocycles. The van der Waals surface area contributed by atoms with E-state index in [1.807, 2.05) is 28.7 Å². The zero-order valence-electron chi connectivity index (χ0n) is 21.2. The molecule has 1 N–H and O–H groups in total. The number of methoxy groups -OCH3 is 1. The van der Waals surface area contributed by atoms with Crippen LogP contribution in [0.15, 0.2) is 48.0 Å². The number of halogens is 5. The summed E-state index contributed by atoms with van der Waals surface area (Å²) in [6.45, 7) is 0. The fourth-order valence-corrected chi connectivity index (χ4v) is 9.06. The van der Waals surface area contributed by atoms with Crippen LogP contribution in [0.2, 0.25) is 5.02 Å². The van der Waals surface area contributed by atoms with Gasteiger partial charge in [0.25, 0.3) is 11.8 Å². The summed E-state index contributed by atoms with van der Waals surface area (Å²) in [4.78, 5) is 53.6. The van der Waals surface area contributed by atoms with E-state index >= 15 is 0 Å². The highest BCUT2D eigenvalue weighted by Crippen LogP contribution is 2.66. The molecule has 3 fully saturated rings. The van der Waals surface area contributed by atoms with Gasteiger partial charge < -0.3 is 9.84 Å². The lowest BCUT2D eigenvalue weighted by Gasteiger charge is -2.50. The third kappa shape index (κ3) is 3.89. The van der Waals surface area contributed by atoms with Gasteiger partial charge in [-0.1, -0.05) is 39.2 Å². The van der Waals surface area contributed by atoms with Crippen molar-refractivity contribution >= 4 is 103 Å². The van der Waals surface area contributed by atoms with Crippen molar-refractivity contribution in [1.29, 1.82) is 0 Å². The van der Waals surface area contributed by atoms with E-state index in [1.54, 1.807) is 36.4 Å². The first kappa shape index (κ1) is 29.2. The van der Waals surface area contributed by atoms with E-state index in [4.69, 9.17) is 39.5 Å². The molecule has 2 heterocycles. The van der Waals surface area contributed by atoms with Crippen molar-refractivity contribution in [2.75, 3.05) is 17.5 Å². The monoisotopic (exact) mass is 792 g/mol. The number of carbonyl (C=O) groups excluding carboxylic acids is 4. The van der Waals surface area contributed by atoms with Crippen LogP contribution in [-0.4, -0.2) is 55.9 Å². The van der Waals surface area contributed by atoms with Crippen LogP contribution in [0.3, 0.4) is 0 Å². The molecule has 2 aliphatic carbocycles. The minimum atomic E-state index is -1.94. The number of benzene rings is 2. The summed E-state index contributed by atoms with van der Waals surface area (Å²) in [5, 5.41) is 11.0. The first-order valence-corrected chi connectivity index (χ1v) is 15.9. The Kier molecular flexibility index (Phi) is 7.21. The third-order valence-electron chi connectivity index (χ3n) is 8.70. The summed E-state index contributed by atoms with van der Waals surface area (Å²) in [5.41, 5.74) is 1.42. The number of hydrogen-bond acceptors (Lipinski definition) is 6. The number of allylic oxidation sites excluding steroid dienone is 2. The summed E-state index contributed by atoms with van der Waals surface area (Å²) in [5.74, 6) is -5.16. The number of carbonyl (C=O) groups is 4. The maximum Gasteiger partial charge on any atom is 0.254 e. The van der Waals surface area contributed by atoms with Crippen molar-refractivity contribution in [1.82, 2.24) is 4.90 Å². The van der Waals surface area contributed by atoms with Gasteiger partial charge in [-0.2, -0.15) is 0 Å². The molecule has 0 bridgehead atoms. The number of amides is 4. The number of fused-ring (bicyclic) bond motifs is 4. The highest BCUT2D eigenvalue weighted by atomic mass is 127. The van der Waals surface area contributed by atoms with Crippen molar-refractivity contribution < 1.29 is 29.0 Å². The highest BCUT2D eigenvalue weighted by molar-refractivity contribution is 14.1. The molecule has 1 saturated carbocycles. The van der Waals surface area contributed by atoms with Gasteiger partial charge in [0.1, 0.15) is 0 Å². The number of imide groups is 2. The summed E-state index contributed by atoms with van der Waals surface area (Å²) in [6, 6.07) is 9.65. The van der Waals surface area contributed by atoms with Crippen LogP contribution in [-0.2, 0) is 19.2 Å². The largest absolute Gasteiger partial charge is 0.504 e. The molecule has 214 valence electrons. The molecule has 0 aromatic heterocycles. The molecular weight excluding hydrogens is 773 g/mol. The predicted octanol–water partition coefficient (Wildman–Crippen LogP) is 5.57. The molecule has 0 radical (unpaired) electrons. The van der Waals surface area contributed by atoms with E-state index in [9.17, 15) is 24.3 Å². The standard InChI is InChI=1S/C28H21BrCl3IN2O6/c1-41-19-9-12(8-18(33)22(19)36)21-15-6-7-16-20(24(38)35(23(16)37)14-4-2-13(30)3-5-14)17(15)10-27(31)25(39)34(11-29)26(40)28(21,27)32/h2-6,8-9,16-17,20-21,36H,7,10-11H2,1H3. The summed E-state index contributed by atoms with van der Waals surface area (Å²) in [6.07, 6.45) is 1.98. The normalized spacial score (nSPS) is 32.6. The minimum Gasteiger partial charge on any atom is -0.504 e. The van der Waals surface area contributed by atoms with Gasteiger partial charge in [-0.25, -0.2) is 0 Å². The molecule has 4 amide bonds. The number of rotatable bonds is 4. The van der Waals surface area contributed by atoms with Gasteiger partial charge >= 0.3 is 0 Å². The second-order valence-electron chi connectivity index (χ2n) is 10.5. The van der Waals surface area contributed by atoms with Gasteiger partial charge in [0.2, 0.25) is 11.8 Å². The number of phenolic OH excluding ortho intramolecular Hbond substituents is 1. The van der Waals surface area contributed by atoms with Crippen molar-refractivity contribution in [3.63, 3.8) is 0 Å². The Morgan fingerprint density at radius 3 is 2.39 bits per heavy atom. The molecule has 2 saturated heterocycles. The average molecular weight is 795 g/mol. The quantitative estimate of drug-likeness (QED) is 0.143. The van der Waals surface area contributed by atoms with Crippen LogP contribution in [0, 0.1) is 21.3 Å². The Labute approximate surface area is 272 Å². The molecule has 2 aliphatic heterocycles. The predicted molar refractivity (Wildman–Crippen MR) is 165 cm³/mol. The molecule has 6 unspecified atom stereocenters. The molecule has 6 rings (SSSR count). The van der Waals surface area contributed by atoms with Crippen molar-refractivity contribution in [2.45, 2.75) is 28.5 Å². The molecule has 13 heteroatoms. The Morgan fingerprint density at radius 1 is 1.07 bits per heavy atom.